The molecule has 1 aromatic carbocycles. The van der Waals surface area contributed by atoms with E-state index in [0.717, 1.165) is 6.21 Å². The van der Waals surface area contributed by atoms with Gasteiger partial charge in [-0.05, 0) is 30.3 Å². The van der Waals surface area contributed by atoms with Crippen molar-refractivity contribution in [3.8, 4) is 11.5 Å². The molecule has 0 radical (unpaired) electrons. The van der Waals surface area contributed by atoms with Crippen molar-refractivity contribution in [2.24, 2.45) is 5.10 Å². The number of halogens is 1. The van der Waals surface area contributed by atoms with Gasteiger partial charge in [-0.15, -0.1) is 0 Å². The van der Waals surface area contributed by atoms with Crippen LogP contribution in [-0.2, 0) is 0 Å². The van der Waals surface area contributed by atoms with Crippen LogP contribution in [-0.4, -0.2) is 21.9 Å². The minimum absolute atomic E-state index is 0.305. The zero-order chi connectivity index (χ0) is 17.5. The molecule has 0 atom stereocenters. The largest absolute Gasteiger partial charge is 0.456 e. The molecule has 0 saturated carbocycles. The summed E-state index contributed by atoms with van der Waals surface area (Å²) in [7, 11) is 0. The van der Waals surface area contributed by atoms with Gasteiger partial charge >= 0.3 is 0 Å². The first-order chi connectivity index (χ1) is 12.2. The van der Waals surface area contributed by atoms with E-state index in [2.05, 4.69) is 20.5 Å². The molecule has 0 unspecified atom stereocenters. The molecular formula is C18H14FN5O. The highest BCUT2D eigenvalue weighted by Gasteiger charge is 2.05. The van der Waals surface area contributed by atoms with Gasteiger partial charge < -0.3 is 10.1 Å². The maximum absolute atomic E-state index is 13.8. The molecule has 3 rings (SSSR count). The van der Waals surface area contributed by atoms with Gasteiger partial charge in [0.25, 0.3) is 0 Å². The molecule has 0 aliphatic heterocycles. The number of pyridine rings is 2. The molecule has 124 valence electrons. The number of aromatic nitrogens is 2. The number of nitrogens with zero attached hydrogens (tertiary/aromatic N) is 3. The van der Waals surface area contributed by atoms with E-state index < -0.39 is 5.82 Å². The lowest BCUT2D eigenvalue weighted by Crippen LogP contribution is -2.07. The van der Waals surface area contributed by atoms with E-state index in [9.17, 15) is 4.39 Å². The van der Waals surface area contributed by atoms with E-state index in [1.807, 2.05) is 0 Å². The van der Waals surface area contributed by atoms with Crippen molar-refractivity contribution in [3.05, 3.63) is 78.6 Å². The molecule has 7 heteroatoms. The lowest BCUT2D eigenvalue weighted by Gasteiger charge is -2.08. The monoisotopic (exact) mass is 335 g/mol. The molecule has 2 heterocycles. The Bertz CT molecular complexity index is 884. The lowest BCUT2D eigenvalue weighted by atomic mass is 10.2. The van der Waals surface area contributed by atoms with Crippen molar-refractivity contribution in [3.63, 3.8) is 0 Å². The molecule has 0 amide bonds. The van der Waals surface area contributed by atoms with Crippen molar-refractivity contribution in [1.29, 1.82) is 5.41 Å². The molecule has 0 aliphatic rings. The summed E-state index contributed by atoms with van der Waals surface area (Å²) in [4.78, 5) is 8.07. The van der Waals surface area contributed by atoms with Crippen LogP contribution >= 0.6 is 0 Å². The van der Waals surface area contributed by atoms with Crippen LogP contribution in [0.2, 0.25) is 0 Å². The van der Waals surface area contributed by atoms with Crippen LogP contribution in [0.1, 0.15) is 5.69 Å². The van der Waals surface area contributed by atoms with Gasteiger partial charge in [0.1, 0.15) is 23.0 Å². The average Bonchev–Trinajstić information content (AvgIpc) is 2.63. The molecule has 0 fully saturated rings. The first-order valence-corrected chi connectivity index (χ1v) is 7.38. The van der Waals surface area contributed by atoms with E-state index in [1.54, 1.807) is 48.8 Å². The summed E-state index contributed by atoms with van der Waals surface area (Å²) in [6.45, 7) is 0. The number of hydrogen-bond acceptors (Lipinski definition) is 6. The van der Waals surface area contributed by atoms with Gasteiger partial charge in [0.15, 0.2) is 0 Å². The molecule has 25 heavy (non-hydrogen) atoms. The normalized spacial score (nSPS) is 11.0. The van der Waals surface area contributed by atoms with E-state index in [-0.39, 0.29) is 0 Å². The van der Waals surface area contributed by atoms with E-state index in [4.69, 9.17) is 10.1 Å². The zero-order valence-corrected chi connectivity index (χ0v) is 13.1. The molecule has 0 aliphatic carbocycles. The fourth-order valence-corrected chi connectivity index (χ4v) is 2.03. The number of hydrazone groups is 1. The lowest BCUT2D eigenvalue weighted by molar-refractivity contribution is 0.475. The van der Waals surface area contributed by atoms with Crippen LogP contribution < -0.4 is 10.2 Å². The third-order valence-electron chi connectivity index (χ3n) is 3.11. The number of benzene rings is 1. The molecule has 0 saturated heterocycles. The molecule has 2 aromatic heterocycles. The standard InChI is InChI=1S/C18H14FN5O/c19-13-8-14(10-16(9-13)25-15-4-3-6-21-12-15)23-24-18(11-20)17-5-1-2-7-22-17/h1-12,20,23H/b20-11?,24-18+. The maximum atomic E-state index is 13.8. The fourth-order valence-electron chi connectivity index (χ4n) is 2.03. The van der Waals surface area contributed by atoms with E-state index in [1.165, 1.54) is 18.3 Å². The van der Waals surface area contributed by atoms with Crippen LogP contribution in [0.5, 0.6) is 11.5 Å². The second-order valence-corrected chi connectivity index (χ2v) is 4.93. The van der Waals surface area contributed by atoms with Crippen molar-refractivity contribution in [2.45, 2.75) is 0 Å². The van der Waals surface area contributed by atoms with Crippen molar-refractivity contribution >= 4 is 17.6 Å². The van der Waals surface area contributed by atoms with Crippen molar-refractivity contribution in [1.82, 2.24) is 9.97 Å². The Morgan fingerprint density at radius 1 is 1.12 bits per heavy atom. The highest BCUT2D eigenvalue weighted by Crippen LogP contribution is 2.25. The smallest absolute Gasteiger partial charge is 0.145 e. The van der Waals surface area contributed by atoms with Gasteiger partial charge in [-0.25, -0.2) is 4.39 Å². The maximum Gasteiger partial charge on any atom is 0.145 e. The Labute approximate surface area is 143 Å². The number of ether oxygens (including phenoxy) is 1. The minimum atomic E-state index is -0.478. The number of anilines is 1. The predicted octanol–water partition coefficient (Wildman–Crippen LogP) is 3.87. The third kappa shape index (κ3) is 4.44. The first-order valence-electron chi connectivity index (χ1n) is 7.38. The molecule has 0 spiro atoms. The molecule has 3 aromatic rings. The second-order valence-electron chi connectivity index (χ2n) is 4.93. The molecular weight excluding hydrogens is 321 g/mol. The Hall–Kier alpha value is -3.61. The van der Waals surface area contributed by atoms with Gasteiger partial charge in [0, 0.05) is 30.7 Å². The van der Waals surface area contributed by atoms with Gasteiger partial charge in [0.05, 0.1) is 17.6 Å². The minimum Gasteiger partial charge on any atom is -0.456 e. The number of rotatable bonds is 6. The Balaban J connectivity index is 1.80. The quantitative estimate of drug-likeness (QED) is 0.529. The van der Waals surface area contributed by atoms with Crippen LogP contribution in [0.25, 0.3) is 0 Å². The van der Waals surface area contributed by atoms with E-state index in [0.29, 0.717) is 28.6 Å². The Morgan fingerprint density at radius 3 is 2.76 bits per heavy atom. The summed E-state index contributed by atoms with van der Waals surface area (Å²) in [5.41, 5.74) is 3.96. The van der Waals surface area contributed by atoms with Gasteiger partial charge in [-0.1, -0.05) is 6.07 Å². The van der Waals surface area contributed by atoms with Crippen LogP contribution in [0.3, 0.4) is 0 Å². The third-order valence-corrected chi connectivity index (χ3v) is 3.11. The summed E-state index contributed by atoms with van der Waals surface area (Å²) in [6.07, 6.45) is 5.83. The van der Waals surface area contributed by atoms with Gasteiger partial charge in [-0.2, -0.15) is 5.10 Å². The molecule has 6 nitrogen and oxygen atoms in total. The van der Waals surface area contributed by atoms with Crippen LogP contribution in [0.15, 0.2) is 72.2 Å². The Kier molecular flexibility index (Phi) is 5.06. The summed E-state index contributed by atoms with van der Waals surface area (Å²) in [5, 5.41) is 11.6. The van der Waals surface area contributed by atoms with Crippen LogP contribution in [0, 0.1) is 11.2 Å². The molecule has 0 bridgehead atoms. The van der Waals surface area contributed by atoms with Crippen molar-refractivity contribution in [2.75, 3.05) is 5.43 Å². The second kappa shape index (κ2) is 7.78. The summed E-state index contributed by atoms with van der Waals surface area (Å²) in [6, 6.07) is 12.9. The van der Waals surface area contributed by atoms with Gasteiger partial charge in [-0.3, -0.25) is 15.4 Å². The van der Waals surface area contributed by atoms with Crippen LogP contribution in [0.4, 0.5) is 10.1 Å². The summed E-state index contributed by atoms with van der Waals surface area (Å²) < 4.78 is 19.4. The summed E-state index contributed by atoms with van der Waals surface area (Å²) >= 11 is 0. The SMILES string of the molecule is N=C/C(=N\Nc1cc(F)cc(Oc2cccnc2)c1)c1ccccn1. The Morgan fingerprint density at radius 2 is 2.04 bits per heavy atom. The van der Waals surface area contributed by atoms with Crippen molar-refractivity contribution < 1.29 is 9.13 Å². The number of hydrogen-bond donors (Lipinski definition) is 2. The zero-order valence-electron chi connectivity index (χ0n) is 13.1. The topological polar surface area (TPSA) is 83.2 Å². The molecule has 2 N–H and O–H groups in total. The van der Waals surface area contributed by atoms with Gasteiger partial charge in [0.2, 0.25) is 0 Å². The fraction of sp³-hybridized carbons (Fsp3) is 0. The average molecular weight is 335 g/mol. The predicted molar refractivity (Wildman–Crippen MR) is 93.9 cm³/mol. The summed E-state index contributed by atoms with van der Waals surface area (Å²) in [5.74, 6) is 0.324. The number of nitrogens with one attached hydrogen (secondary N) is 2. The highest BCUT2D eigenvalue weighted by atomic mass is 19.1. The van der Waals surface area contributed by atoms with E-state index >= 15 is 0 Å². The highest BCUT2D eigenvalue weighted by molar-refractivity contribution is 6.36. The first kappa shape index (κ1) is 16.3.